The summed E-state index contributed by atoms with van der Waals surface area (Å²) in [6, 6.07) is 0. The van der Waals surface area contributed by atoms with Crippen LogP contribution in [-0.2, 0) is 36.5 Å². The molecule has 10 atom stereocenters. The molecule has 0 saturated carbocycles. The van der Waals surface area contributed by atoms with E-state index in [1.807, 2.05) is 20.8 Å². The topological polar surface area (TPSA) is 546 Å². The van der Waals surface area contributed by atoms with Crippen molar-refractivity contribution in [2.45, 2.75) is 147 Å². The number of hydrogen-bond acceptors (Lipinski definition) is 27. The van der Waals surface area contributed by atoms with E-state index < -0.39 is 82.4 Å². The lowest BCUT2D eigenvalue weighted by Crippen LogP contribution is -2.47. The first-order valence-electron chi connectivity index (χ1n) is 34.7. The number of morpholine rings is 5. The Kier molecular flexibility index (Phi) is 35.8. The van der Waals surface area contributed by atoms with E-state index in [9.17, 15) is 53.1 Å². The molecule has 106 heavy (non-hydrogen) atoms. The van der Waals surface area contributed by atoms with Gasteiger partial charge in [-0.25, -0.2) is 24.0 Å². The van der Waals surface area contributed by atoms with Crippen LogP contribution in [0.4, 0.5) is 0 Å². The van der Waals surface area contributed by atoms with Crippen LogP contribution in [0, 0.1) is 35.5 Å². The Hall–Kier alpha value is -9.51. The normalized spacial score (nSPS) is 22.0. The summed E-state index contributed by atoms with van der Waals surface area (Å²) in [5.41, 5.74) is 8.23. The van der Waals surface area contributed by atoms with Crippen molar-refractivity contribution in [3.05, 3.63) is 175 Å². The average molecular weight is 1490 g/mol. The molecule has 10 rings (SSSR count). The summed E-state index contributed by atoms with van der Waals surface area (Å²) in [6.07, 6.45) is 9.16. The molecule has 5 aromatic heterocycles. The molecule has 0 aliphatic carbocycles. The number of allylic oxidation sites excluding steroid dienone is 1. The zero-order valence-electron chi connectivity index (χ0n) is 59.7. The number of aromatic nitrogens is 10. The zero-order chi connectivity index (χ0) is 77.2. The molecule has 38 heteroatoms. The number of aliphatic hydroxyl groups excluding tert-OH is 5. The molecule has 5 fully saturated rings. The van der Waals surface area contributed by atoms with Gasteiger partial charge in [0, 0.05) is 126 Å². The van der Waals surface area contributed by atoms with Gasteiger partial charge in [0.25, 0.3) is 27.8 Å². The summed E-state index contributed by atoms with van der Waals surface area (Å²) in [6.45, 7) is 15.3. The molecule has 5 aromatic rings. The van der Waals surface area contributed by atoms with Crippen LogP contribution in [0.3, 0.4) is 0 Å². The average Bonchev–Trinajstić information content (AvgIpc) is 0.843. The number of nitrogens with zero attached hydrogens (tertiary/aromatic N) is 6. The van der Waals surface area contributed by atoms with E-state index >= 15 is 0 Å². The smallest absolute Gasteiger partial charge is 0.330 e. The maximum Gasteiger partial charge on any atom is 0.330 e. The van der Waals surface area contributed by atoms with E-state index in [1.54, 1.807) is 19.3 Å². The monoisotopic (exact) mass is 1490 g/mol. The number of unbranched alkanes of at least 4 members (excludes halogenated alkanes) is 2. The Labute approximate surface area is 606 Å². The van der Waals surface area contributed by atoms with Crippen LogP contribution in [-0.4, -0.2) is 215 Å². The lowest BCUT2D eigenvalue weighted by atomic mass is 10.1. The maximum absolute atomic E-state index is 12.0. The number of nitrogens with two attached hydrogens (primary N) is 2. The number of aromatic amines is 5. The van der Waals surface area contributed by atoms with Crippen LogP contribution in [0.1, 0.15) is 132 Å². The Balaban J connectivity index is 0.000000208. The van der Waals surface area contributed by atoms with E-state index in [-0.39, 0.29) is 91.8 Å². The Morgan fingerprint density at radius 2 is 0.717 bits per heavy atom. The summed E-state index contributed by atoms with van der Waals surface area (Å²) in [7, 11) is 0. The van der Waals surface area contributed by atoms with Crippen molar-refractivity contribution in [1.82, 2.24) is 74.3 Å². The molecule has 0 radical (unpaired) electrons. The molecule has 0 amide bonds. The molecule has 10 heterocycles. The largest absolute Gasteiger partial charge is 0.403 e. The zero-order valence-corrected chi connectivity index (χ0v) is 59.7. The molecule has 0 aromatic carbocycles. The van der Waals surface area contributed by atoms with Crippen LogP contribution in [0.2, 0.25) is 0 Å². The van der Waals surface area contributed by atoms with Crippen LogP contribution in [0.15, 0.2) is 96.2 Å². The first-order chi connectivity index (χ1) is 51.0. The number of nitrogens with one attached hydrogen (secondary N) is 10. The lowest BCUT2D eigenvalue weighted by molar-refractivity contribution is -0.0969. The van der Waals surface area contributed by atoms with Crippen LogP contribution in [0.25, 0.3) is 0 Å². The Morgan fingerprint density at radius 3 is 0.991 bits per heavy atom. The van der Waals surface area contributed by atoms with Gasteiger partial charge in [0.15, 0.2) is 31.1 Å². The lowest BCUT2D eigenvalue weighted by Gasteiger charge is -2.30. The summed E-state index contributed by atoms with van der Waals surface area (Å²) in [5.74, 6) is 16.8. The molecule has 10 unspecified atom stereocenters. The van der Waals surface area contributed by atoms with Crippen LogP contribution in [0.5, 0.6) is 0 Å². The number of ether oxygens (including phenoxy) is 5. The maximum atomic E-state index is 12.0. The molecule has 0 bridgehead atoms. The van der Waals surface area contributed by atoms with E-state index in [0.29, 0.717) is 120 Å². The minimum Gasteiger partial charge on any atom is -0.403 e. The van der Waals surface area contributed by atoms with Crippen LogP contribution < -0.4 is 94.3 Å². The second-order valence-corrected chi connectivity index (χ2v) is 24.6. The highest BCUT2D eigenvalue weighted by Crippen LogP contribution is 2.18. The van der Waals surface area contributed by atoms with Crippen LogP contribution >= 0.6 is 0 Å². The predicted molar refractivity (Wildman–Crippen MR) is 389 cm³/mol. The summed E-state index contributed by atoms with van der Waals surface area (Å²) in [4.78, 5) is 133. The highest BCUT2D eigenvalue weighted by molar-refractivity contribution is 5.77. The Bertz CT molecular complexity index is 4440. The fourth-order valence-corrected chi connectivity index (χ4v) is 10.7. The van der Waals surface area contributed by atoms with Gasteiger partial charge in [0.1, 0.15) is 23.2 Å². The van der Waals surface area contributed by atoms with Crippen molar-refractivity contribution in [3.8, 4) is 35.5 Å². The van der Waals surface area contributed by atoms with Crippen molar-refractivity contribution in [3.63, 3.8) is 0 Å². The minimum absolute atomic E-state index is 0.107. The molecule has 5 saturated heterocycles. The number of rotatable bonds is 19. The van der Waals surface area contributed by atoms with Gasteiger partial charge >= 0.3 is 28.4 Å². The van der Waals surface area contributed by atoms with Crippen molar-refractivity contribution < 1.29 is 49.2 Å². The van der Waals surface area contributed by atoms with Gasteiger partial charge in [0.05, 0.1) is 69.4 Å². The molecule has 19 N–H and O–H groups in total. The van der Waals surface area contributed by atoms with Gasteiger partial charge in [-0.2, -0.15) is 0 Å². The molecule has 38 nitrogen and oxygen atoms in total. The molecule has 580 valence electrons. The third kappa shape index (κ3) is 26.5. The standard InChI is InChI=1S/C15H24N4O4.C14H19N5O4.C13H21N3O4.2C13H17N3O4/c1-10(16)4-2-3-5-11-8-19(15(22)18-14(11)21)13-7-17-6-12(9-20)23-13;1-9(15)17-4-2-3-10-7-19(14(22)18-13(10)21)12-6-16-5-11(8-20)23-12;3*1-2-3-4-9-7-16(13(19)15-12(9)18)11-6-14-5-10(8-17)20-11/h8,12-13,17,20H,1-7,9,16H2,(H,18,21,22);7,11-12,16,20H,4-6,8H2,1H3,(H2,15,17)(H,18,21,22);7,10-11,14,17H,2-6,8H2,1H3,(H,15,18,19);2*7,10-11,14,17H,2,5-6,8H2,1H3,(H,15,18,19). The SMILES string of the molecule is C=C(N)CCCCc1cn(C2CNCC(CO)O2)c(=O)[nH]c1=O.CC(N)=NCC#Cc1cn(C2CNCC(CO)O2)c(=O)[nH]c1=O.CCC#Cc1cn(C2CNCC(CO)O2)c(=O)[nH]c1=O.CCC#Cc1cn(C2CNCC(CO)O2)c(=O)[nH]c1=O.CCCCc1cn(C2CNCC(CO)O2)c(=O)[nH]c1=O. The number of hydrogen-bond donors (Lipinski definition) is 17. The summed E-state index contributed by atoms with van der Waals surface area (Å²) >= 11 is 0. The van der Waals surface area contributed by atoms with Gasteiger partial charge in [-0.3, -0.25) is 76.7 Å². The molecule has 0 spiro atoms. The van der Waals surface area contributed by atoms with Crippen molar-refractivity contribution in [2.24, 2.45) is 16.5 Å². The van der Waals surface area contributed by atoms with Crippen molar-refractivity contribution >= 4 is 5.84 Å². The summed E-state index contributed by atoms with van der Waals surface area (Å²) < 4.78 is 34.6. The van der Waals surface area contributed by atoms with Crippen molar-refractivity contribution in [1.29, 1.82) is 0 Å². The molecular formula is C68H98N18O20. The Morgan fingerprint density at radius 1 is 0.434 bits per heavy atom. The first kappa shape index (κ1) is 85.4. The van der Waals surface area contributed by atoms with Crippen molar-refractivity contribution in [2.75, 3.05) is 105 Å². The van der Waals surface area contributed by atoms with Gasteiger partial charge in [-0.05, 0) is 45.4 Å². The fraction of sp³-hybridized carbons (Fsp3) is 0.574. The molecular weight excluding hydrogens is 1390 g/mol. The van der Waals surface area contributed by atoms with Gasteiger partial charge in [-0.1, -0.05) is 69.3 Å². The number of aliphatic hydroxyl groups is 5. The number of amidine groups is 1. The number of H-pyrrole nitrogens is 5. The fourth-order valence-electron chi connectivity index (χ4n) is 10.7. The second kappa shape index (κ2) is 44.5. The minimum atomic E-state index is -0.630. The third-order valence-corrected chi connectivity index (χ3v) is 16.2. The van der Waals surface area contributed by atoms with E-state index in [2.05, 4.69) is 98.6 Å². The predicted octanol–water partition coefficient (Wildman–Crippen LogP) is -6.14. The second-order valence-electron chi connectivity index (χ2n) is 24.6. The summed E-state index contributed by atoms with van der Waals surface area (Å²) in [5, 5.41) is 61.1. The molecule has 5 aliphatic rings. The van der Waals surface area contributed by atoms with Gasteiger partial charge in [0.2, 0.25) is 0 Å². The van der Waals surface area contributed by atoms with Gasteiger partial charge in [-0.15, -0.1) is 0 Å². The highest BCUT2D eigenvalue weighted by Gasteiger charge is 2.29. The van der Waals surface area contributed by atoms with E-state index in [4.69, 9.17) is 55.6 Å². The van der Waals surface area contributed by atoms with E-state index in [0.717, 1.165) is 25.7 Å². The molecule has 5 aliphatic heterocycles. The first-order valence-corrected chi connectivity index (χ1v) is 34.7. The van der Waals surface area contributed by atoms with E-state index in [1.165, 1.54) is 41.4 Å². The highest BCUT2D eigenvalue weighted by atomic mass is 16.5. The third-order valence-electron chi connectivity index (χ3n) is 16.2. The quantitative estimate of drug-likeness (QED) is 0.0158. The van der Waals surface area contributed by atoms with Gasteiger partial charge < -0.3 is 87.3 Å². The number of aliphatic imine (C=N–C) groups is 1. The number of aryl methyl sites for hydroxylation is 2.